The normalized spacial score (nSPS) is 12.1. The number of carbonyl (C=O) groups excluding carboxylic acids is 1. The Labute approximate surface area is 158 Å². The van der Waals surface area contributed by atoms with Gasteiger partial charge in [-0.3, -0.25) is 4.79 Å². The van der Waals surface area contributed by atoms with E-state index < -0.39 is 5.97 Å². The fourth-order valence-corrected chi connectivity index (χ4v) is 3.18. The number of ether oxygens (including phenoxy) is 5. The fraction of sp³-hybridized carbons (Fsp3) is 0.286. The van der Waals surface area contributed by atoms with E-state index in [0.29, 0.717) is 35.2 Å². The first-order valence-electron chi connectivity index (χ1n) is 8.41. The van der Waals surface area contributed by atoms with Gasteiger partial charge in [-0.25, -0.2) is 0 Å². The summed E-state index contributed by atoms with van der Waals surface area (Å²) in [7, 11) is 6.34. The second-order valence-corrected chi connectivity index (χ2v) is 6.05. The summed E-state index contributed by atoms with van der Waals surface area (Å²) < 4.78 is 27.2. The number of carbonyl (C=O) groups is 1. The Bertz CT molecular complexity index is 913. The van der Waals surface area contributed by atoms with E-state index in [2.05, 4.69) is 0 Å². The highest BCUT2D eigenvalue weighted by Crippen LogP contribution is 2.41. The SMILES string of the molecule is COc1cc2c(cc1OC)Cc1cc(OC)c(OC)cc1C(OC(C)=O)=C2. The molecule has 27 heavy (non-hydrogen) atoms. The maximum Gasteiger partial charge on any atom is 0.308 e. The molecule has 0 fully saturated rings. The molecule has 0 saturated heterocycles. The van der Waals surface area contributed by atoms with E-state index in [1.54, 1.807) is 28.4 Å². The third-order valence-corrected chi connectivity index (χ3v) is 4.44. The first-order valence-corrected chi connectivity index (χ1v) is 8.41. The zero-order valence-corrected chi connectivity index (χ0v) is 16.0. The molecule has 0 atom stereocenters. The van der Waals surface area contributed by atoms with E-state index in [4.69, 9.17) is 23.7 Å². The maximum atomic E-state index is 11.7. The smallest absolute Gasteiger partial charge is 0.308 e. The van der Waals surface area contributed by atoms with Gasteiger partial charge < -0.3 is 23.7 Å². The van der Waals surface area contributed by atoms with Crippen LogP contribution in [0.15, 0.2) is 24.3 Å². The Morgan fingerprint density at radius 3 is 1.85 bits per heavy atom. The summed E-state index contributed by atoms with van der Waals surface area (Å²) in [5.41, 5.74) is 3.63. The van der Waals surface area contributed by atoms with Crippen molar-refractivity contribution in [1.82, 2.24) is 0 Å². The van der Waals surface area contributed by atoms with Crippen LogP contribution >= 0.6 is 0 Å². The maximum absolute atomic E-state index is 11.7. The van der Waals surface area contributed by atoms with E-state index in [1.807, 2.05) is 30.3 Å². The number of hydrogen-bond acceptors (Lipinski definition) is 6. The molecule has 3 rings (SSSR count). The van der Waals surface area contributed by atoms with Gasteiger partial charge in [-0.15, -0.1) is 0 Å². The Balaban J connectivity index is 2.25. The third kappa shape index (κ3) is 3.56. The standard InChI is InChI=1S/C21H22O6/c1-12(22)27-17-7-14-9-19(24-3)18(23-2)8-13(14)6-15-10-20(25-4)21(26-5)11-16(15)17/h7-11H,6H2,1-5H3. The number of methoxy groups -OCH3 is 4. The minimum absolute atomic E-state index is 0.397. The summed E-state index contributed by atoms with van der Waals surface area (Å²) >= 11 is 0. The highest BCUT2D eigenvalue weighted by molar-refractivity contribution is 5.88. The third-order valence-electron chi connectivity index (χ3n) is 4.44. The zero-order valence-electron chi connectivity index (χ0n) is 16.0. The van der Waals surface area contributed by atoms with Gasteiger partial charge in [0.1, 0.15) is 5.76 Å². The minimum atomic E-state index is -0.397. The Kier molecular flexibility index (Phi) is 5.26. The zero-order chi connectivity index (χ0) is 19.6. The van der Waals surface area contributed by atoms with E-state index in [-0.39, 0.29) is 0 Å². The van der Waals surface area contributed by atoms with Crippen LogP contribution in [0.5, 0.6) is 23.0 Å². The van der Waals surface area contributed by atoms with Crippen LogP contribution in [-0.4, -0.2) is 34.4 Å². The lowest BCUT2D eigenvalue weighted by molar-refractivity contribution is -0.134. The van der Waals surface area contributed by atoms with Crippen LogP contribution in [0.3, 0.4) is 0 Å². The largest absolute Gasteiger partial charge is 0.493 e. The minimum Gasteiger partial charge on any atom is -0.493 e. The number of hydrogen-bond donors (Lipinski definition) is 0. The number of fused-ring (bicyclic) bond motifs is 2. The molecule has 0 aliphatic heterocycles. The fourth-order valence-electron chi connectivity index (χ4n) is 3.18. The molecular weight excluding hydrogens is 348 g/mol. The molecule has 142 valence electrons. The van der Waals surface area contributed by atoms with Crippen LogP contribution in [0.2, 0.25) is 0 Å². The van der Waals surface area contributed by atoms with Crippen molar-refractivity contribution >= 4 is 17.8 Å². The summed E-state index contributed by atoms with van der Waals surface area (Å²) in [6, 6.07) is 7.53. The topological polar surface area (TPSA) is 63.2 Å². The van der Waals surface area contributed by atoms with Gasteiger partial charge in [0, 0.05) is 12.5 Å². The summed E-state index contributed by atoms with van der Waals surface area (Å²) in [5, 5.41) is 0. The number of benzene rings is 2. The molecule has 0 saturated carbocycles. The first-order chi connectivity index (χ1) is 13.0. The van der Waals surface area contributed by atoms with Crippen molar-refractivity contribution in [3.05, 3.63) is 46.5 Å². The summed E-state index contributed by atoms with van der Waals surface area (Å²) in [5.74, 6) is 2.48. The molecule has 2 aromatic rings. The van der Waals surface area contributed by atoms with Gasteiger partial charge >= 0.3 is 5.97 Å². The molecule has 2 aromatic carbocycles. The highest BCUT2D eigenvalue weighted by Gasteiger charge is 2.22. The van der Waals surface area contributed by atoms with Crippen molar-refractivity contribution in [3.8, 4) is 23.0 Å². The van der Waals surface area contributed by atoms with Crippen molar-refractivity contribution in [1.29, 1.82) is 0 Å². The molecule has 6 heteroatoms. The molecular formula is C21H22O6. The van der Waals surface area contributed by atoms with Crippen LogP contribution < -0.4 is 18.9 Å². The molecule has 0 spiro atoms. The highest BCUT2D eigenvalue weighted by atomic mass is 16.5. The second kappa shape index (κ2) is 7.61. The van der Waals surface area contributed by atoms with E-state index in [9.17, 15) is 4.79 Å². The van der Waals surface area contributed by atoms with Crippen molar-refractivity contribution in [2.24, 2.45) is 0 Å². The predicted octanol–water partition coefficient (Wildman–Crippen LogP) is 3.69. The monoisotopic (exact) mass is 370 g/mol. The van der Waals surface area contributed by atoms with E-state index in [0.717, 1.165) is 22.3 Å². The first kappa shape index (κ1) is 18.6. The second-order valence-electron chi connectivity index (χ2n) is 6.05. The molecule has 0 bridgehead atoms. The molecule has 0 radical (unpaired) electrons. The van der Waals surface area contributed by atoms with Crippen molar-refractivity contribution in [2.45, 2.75) is 13.3 Å². The van der Waals surface area contributed by atoms with Gasteiger partial charge in [-0.1, -0.05) is 0 Å². The van der Waals surface area contributed by atoms with Gasteiger partial charge in [0.2, 0.25) is 0 Å². The van der Waals surface area contributed by atoms with Crippen LogP contribution in [-0.2, 0) is 16.0 Å². The quantitative estimate of drug-likeness (QED) is 0.748. The van der Waals surface area contributed by atoms with Gasteiger partial charge in [0.05, 0.1) is 28.4 Å². The van der Waals surface area contributed by atoms with Gasteiger partial charge in [0.25, 0.3) is 0 Å². The lowest BCUT2D eigenvalue weighted by atomic mass is 9.98. The summed E-state index contributed by atoms with van der Waals surface area (Å²) in [6.45, 7) is 1.38. The molecule has 0 N–H and O–H groups in total. The van der Waals surface area contributed by atoms with E-state index >= 15 is 0 Å². The molecule has 0 amide bonds. The van der Waals surface area contributed by atoms with Crippen molar-refractivity contribution in [2.75, 3.05) is 28.4 Å². The Morgan fingerprint density at radius 2 is 1.30 bits per heavy atom. The molecule has 1 aliphatic carbocycles. The molecule has 0 heterocycles. The molecule has 6 nitrogen and oxygen atoms in total. The van der Waals surface area contributed by atoms with Gasteiger partial charge in [0.15, 0.2) is 23.0 Å². The average molecular weight is 370 g/mol. The lowest BCUT2D eigenvalue weighted by Gasteiger charge is -2.15. The average Bonchev–Trinajstić information content (AvgIpc) is 2.80. The molecule has 1 aliphatic rings. The van der Waals surface area contributed by atoms with Gasteiger partial charge in [-0.2, -0.15) is 0 Å². The van der Waals surface area contributed by atoms with Gasteiger partial charge in [-0.05, 0) is 53.5 Å². The Morgan fingerprint density at radius 1 is 0.778 bits per heavy atom. The lowest BCUT2D eigenvalue weighted by Crippen LogP contribution is -2.02. The van der Waals surface area contributed by atoms with E-state index in [1.165, 1.54) is 6.92 Å². The van der Waals surface area contributed by atoms with Crippen molar-refractivity contribution in [3.63, 3.8) is 0 Å². The van der Waals surface area contributed by atoms with Crippen LogP contribution in [0, 0.1) is 0 Å². The molecule has 0 aromatic heterocycles. The summed E-state index contributed by atoms with van der Waals surface area (Å²) in [4.78, 5) is 11.7. The van der Waals surface area contributed by atoms with Crippen LogP contribution in [0.1, 0.15) is 29.2 Å². The molecule has 0 unspecified atom stereocenters. The van der Waals surface area contributed by atoms with Crippen LogP contribution in [0.25, 0.3) is 11.8 Å². The van der Waals surface area contributed by atoms with Crippen molar-refractivity contribution < 1.29 is 28.5 Å². The predicted molar refractivity (Wildman–Crippen MR) is 102 cm³/mol. The number of rotatable bonds is 5. The van der Waals surface area contributed by atoms with Crippen LogP contribution in [0.4, 0.5) is 0 Å². The summed E-state index contributed by atoms with van der Waals surface area (Å²) in [6.07, 6.45) is 2.43. The Hall–Kier alpha value is -3.15. The number of esters is 1.